The third-order valence-corrected chi connectivity index (χ3v) is 2.20. The second-order valence-electron chi connectivity index (χ2n) is 2.34. The van der Waals surface area contributed by atoms with Crippen LogP contribution in [0, 0.1) is 0 Å². The molecule has 1 atom stereocenters. The van der Waals surface area contributed by atoms with Gasteiger partial charge in [0.1, 0.15) is 0 Å². The van der Waals surface area contributed by atoms with E-state index in [4.69, 9.17) is 0 Å². The van der Waals surface area contributed by atoms with E-state index >= 15 is 0 Å². The molecule has 0 aliphatic carbocycles. The van der Waals surface area contributed by atoms with Gasteiger partial charge >= 0.3 is 18.3 Å². The number of alkyl halides is 9. The Bertz CT molecular complexity index is 202. The third-order valence-electron chi connectivity index (χ3n) is 1.32. The molecule has 1 unspecified atom stereocenters. The zero-order valence-corrected chi connectivity index (χ0v) is 7.70. The van der Waals surface area contributed by atoms with Crippen molar-refractivity contribution < 1.29 is 30.7 Å². The number of hydrogen-bond donors (Lipinski definition) is 0. The first kappa shape index (κ1) is 14.1. The molecule has 0 saturated carbocycles. The molecule has 0 nitrogen and oxygen atoms in total. The van der Waals surface area contributed by atoms with E-state index in [1.807, 2.05) is 0 Å². The highest BCUT2D eigenvalue weighted by Crippen LogP contribution is 2.49. The maximum Gasteiger partial charge on any atom is 0.373 e. The van der Waals surface area contributed by atoms with Crippen molar-refractivity contribution in [2.75, 3.05) is 5.88 Å². The normalized spacial score (nSPS) is 18.4. The summed E-state index contributed by atoms with van der Waals surface area (Å²) in [5.41, 5.74) is 0. The van der Waals surface area contributed by atoms with Gasteiger partial charge in [-0.25, -0.2) is 13.2 Å². The molecule has 0 saturated heterocycles. The van der Waals surface area contributed by atoms with E-state index < -0.39 is 29.3 Å². The summed E-state index contributed by atoms with van der Waals surface area (Å²) in [6.07, 6.45) is -4.74. The van der Waals surface area contributed by atoms with Gasteiger partial charge in [-0.15, -0.1) is 11.6 Å². The van der Waals surface area contributed by atoms with E-state index in [2.05, 4.69) is 23.2 Å². The van der Waals surface area contributed by atoms with E-state index in [9.17, 15) is 30.7 Å². The molecule has 0 aliphatic rings. The topological polar surface area (TPSA) is 0 Å². The standard InChI is InChI=1S/C5H3Cl2F7/c6-1-3(7,10)5(13,14)4(11,12)2(8)9/h2H,1H2. The van der Waals surface area contributed by atoms with Gasteiger partial charge in [-0.05, 0) is 0 Å². The summed E-state index contributed by atoms with van der Waals surface area (Å²) >= 11 is 8.80. The smallest absolute Gasteiger partial charge is 0.218 e. The Morgan fingerprint density at radius 1 is 1.00 bits per heavy atom. The lowest BCUT2D eigenvalue weighted by Crippen LogP contribution is -2.57. The quantitative estimate of drug-likeness (QED) is 0.538. The van der Waals surface area contributed by atoms with Gasteiger partial charge in [0.15, 0.2) is 0 Å². The molecule has 0 N–H and O–H groups in total. The van der Waals surface area contributed by atoms with Crippen LogP contribution in [-0.4, -0.2) is 29.3 Å². The second kappa shape index (κ2) is 3.92. The molecule has 0 rings (SSSR count). The molecule has 0 aromatic heterocycles. The Morgan fingerprint density at radius 3 is 1.57 bits per heavy atom. The van der Waals surface area contributed by atoms with Crippen LogP contribution in [0.3, 0.4) is 0 Å². The predicted octanol–water partition coefficient (Wildman–Crippen LogP) is 3.67. The minimum Gasteiger partial charge on any atom is -0.218 e. The second-order valence-corrected chi connectivity index (χ2v) is 3.20. The fraction of sp³-hybridized carbons (Fsp3) is 1.00. The first-order valence-electron chi connectivity index (χ1n) is 2.98. The lowest BCUT2D eigenvalue weighted by Gasteiger charge is -2.32. The van der Waals surface area contributed by atoms with E-state index in [1.165, 1.54) is 0 Å². The predicted molar refractivity (Wildman–Crippen MR) is 36.3 cm³/mol. The van der Waals surface area contributed by atoms with Crippen molar-refractivity contribution in [2.45, 2.75) is 23.4 Å². The molecule has 9 heteroatoms. The molecule has 86 valence electrons. The van der Waals surface area contributed by atoms with Gasteiger partial charge in [-0.3, -0.25) is 0 Å². The van der Waals surface area contributed by atoms with Gasteiger partial charge in [0, 0.05) is 0 Å². The molecule has 0 aromatic rings. The van der Waals surface area contributed by atoms with E-state index in [1.54, 1.807) is 0 Å². The van der Waals surface area contributed by atoms with E-state index in [0.717, 1.165) is 0 Å². The van der Waals surface area contributed by atoms with Crippen LogP contribution in [0.25, 0.3) is 0 Å². The Balaban J connectivity index is 5.14. The van der Waals surface area contributed by atoms with Crippen LogP contribution in [0.15, 0.2) is 0 Å². The molecule has 0 amide bonds. The fourth-order valence-corrected chi connectivity index (χ4v) is 0.759. The summed E-state index contributed by atoms with van der Waals surface area (Å²) in [5.74, 6) is -13.4. The van der Waals surface area contributed by atoms with Crippen molar-refractivity contribution in [2.24, 2.45) is 0 Å². The molecule has 0 aromatic carbocycles. The molecular formula is C5H3Cl2F7. The van der Waals surface area contributed by atoms with Gasteiger partial charge in [0.25, 0.3) is 5.13 Å². The van der Waals surface area contributed by atoms with Gasteiger partial charge in [0.05, 0.1) is 5.88 Å². The van der Waals surface area contributed by atoms with Crippen LogP contribution in [-0.2, 0) is 0 Å². The lowest BCUT2D eigenvalue weighted by molar-refractivity contribution is -0.290. The minimum atomic E-state index is -5.88. The highest BCUT2D eigenvalue weighted by molar-refractivity contribution is 6.30. The molecule has 0 aliphatic heterocycles. The van der Waals surface area contributed by atoms with Crippen LogP contribution in [0.2, 0.25) is 0 Å². The Hall–Kier alpha value is 0.0900. The van der Waals surface area contributed by atoms with Crippen molar-refractivity contribution in [1.82, 2.24) is 0 Å². The highest BCUT2D eigenvalue weighted by atomic mass is 35.5. The molecule has 0 fully saturated rings. The van der Waals surface area contributed by atoms with Crippen LogP contribution in [0.4, 0.5) is 30.7 Å². The molecule has 14 heavy (non-hydrogen) atoms. The summed E-state index contributed by atoms with van der Waals surface area (Å²) < 4.78 is 84.5. The molecule has 0 radical (unpaired) electrons. The first-order valence-corrected chi connectivity index (χ1v) is 3.89. The van der Waals surface area contributed by atoms with Gasteiger partial charge < -0.3 is 0 Å². The maximum absolute atomic E-state index is 12.5. The summed E-state index contributed by atoms with van der Waals surface area (Å²) in [5, 5.41) is -4.42. The number of halogens is 9. The fourth-order valence-electron chi connectivity index (χ4n) is 0.465. The van der Waals surface area contributed by atoms with Gasteiger partial charge in [-0.1, -0.05) is 11.6 Å². The zero-order valence-electron chi connectivity index (χ0n) is 6.19. The molecule has 0 bridgehead atoms. The number of rotatable bonds is 4. The van der Waals surface area contributed by atoms with Crippen LogP contribution in [0.1, 0.15) is 0 Å². The Labute approximate surface area is 84.0 Å². The summed E-state index contributed by atoms with van der Waals surface area (Å²) in [6.45, 7) is 0. The van der Waals surface area contributed by atoms with E-state index in [-0.39, 0.29) is 0 Å². The van der Waals surface area contributed by atoms with Crippen LogP contribution in [0.5, 0.6) is 0 Å². The summed E-state index contributed by atoms with van der Waals surface area (Å²) in [4.78, 5) is 0. The lowest BCUT2D eigenvalue weighted by atomic mass is 10.1. The summed E-state index contributed by atoms with van der Waals surface area (Å²) in [6, 6.07) is 0. The molecular weight excluding hydrogens is 264 g/mol. The highest BCUT2D eigenvalue weighted by Gasteiger charge is 2.73. The van der Waals surface area contributed by atoms with Crippen LogP contribution >= 0.6 is 23.2 Å². The van der Waals surface area contributed by atoms with Crippen molar-refractivity contribution in [3.63, 3.8) is 0 Å². The molecule has 0 heterocycles. The van der Waals surface area contributed by atoms with Crippen molar-refractivity contribution in [3.05, 3.63) is 0 Å². The maximum atomic E-state index is 12.5. The van der Waals surface area contributed by atoms with Gasteiger partial charge in [0.2, 0.25) is 0 Å². The zero-order chi connectivity index (χ0) is 11.8. The minimum absolute atomic E-state index is 1.75. The Kier molecular flexibility index (Phi) is 3.95. The number of hydrogen-bond acceptors (Lipinski definition) is 0. The first-order chi connectivity index (χ1) is 6.00. The van der Waals surface area contributed by atoms with Crippen molar-refractivity contribution >= 4 is 23.2 Å². The van der Waals surface area contributed by atoms with Crippen molar-refractivity contribution in [1.29, 1.82) is 0 Å². The largest absolute Gasteiger partial charge is 0.373 e. The SMILES string of the molecule is FC(F)C(F)(F)C(F)(F)C(F)(Cl)CCl. The average molecular weight is 267 g/mol. The van der Waals surface area contributed by atoms with Crippen molar-refractivity contribution in [3.8, 4) is 0 Å². The van der Waals surface area contributed by atoms with Gasteiger partial charge in [-0.2, -0.15) is 17.6 Å². The van der Waals surface area contributed by atoms with E-state index in [0.29, 0.717) is 0 Å². The Morgan fingerprint density at radius 2 is 1.36 bits per heavy atom. The third kappa shape index (κ3) is 2.03. The average Bonchev–Trinajstić information content (AvgIpc) is 2.03. The van der Waals surface area contributed by atoms with Crippen LogP contribution < -0.4 is 0 Å². The monoisotopic (exact) mass is 266 g/mol. The molecule has 0 spiro atoms. The summed E-state index contributed by atoms with van der Waals surface area (Å²) in [7, 11) is 0.